The van der Waals surface area contributed by atoms with Crippen LogP contribution in [0.2, 0.25) is 0 Å². The first-order valence-electron chi connectivity index (χ1n) is 8.16. The summed E-state index contributed by atoms with van der Waals surface area (Å²) in [5.41, 5.74) is 1.35. The molecule has 0 aromatic rings. The number of nitrogens with one attached hydrogen (secondary N) is 4. The Hall–Kier alpha value is -0.840. The van der Waals surface area contributed by atoms with E-state index in [0.717, 1.165) is 32.1 Å². The maximum absolute atomic E-state index is 3.60. The average molecular weight is 278 g/mol. The van der Waals surface area contributed by atoms with Crippen LogP contribution in [0.1, 0.15) is 25.7 Å². The minimum Gasteiger partial charge on any atom is -0.387 e. The van der Waals surface area contributed by atoms with Gasteiger partial charge >= 0.3 is 0 Å². The maximum atomic E-state index is 3.60. The van der Waals surface area contributed by atoms with Crippen LogP contribution < -0.4 is 21.3 Å². The van der Waals surface area contributed by atoms with Gasteiger partial charge < -0.3 is 21.3 Å². The lowest BCUT2D eigenvalue weighted by atomic mass is 10.00. The molecule has 2 rings (SSSR count). The highest BCUT2D eigenvalue weighted by molar-refractivity contribution is 5.22. The van der Waals surface area contributed by atoms with Gasteiger partial charge in [0.05, 0.1) is 0 Å². The molecule has 0 saturated carbocycles. The van der Waals surface area contributed by atoms with Crippen LogP contribution in [0.25, 0.3) is 0 Å². The molecule has 1 atom stereocenters. The third-order valence-corrected chi connectivity index (χ3v) is 3.97. The zero-order valence-electron chi connectivity index (χ0n) is 12.6. The molecule has 2 aliphatic rings. The van der Waals surface area contributed by atoms with Crippen LogP contribution in [0.3, 0.4) is 0 Å². The summed E-state index contributed by atoms with van der Waals surface area (Å²) in [6, 6.07) is 0. The van der Waals surface area contributed by atoms with Crippen LogP contribution in [0.5, 0.6) is 0 Å². The summed E-state index contributed by atoms with van der Waals surface area (Å²) in [5, 5.41) is 13.8. The van der Waals surface area contributed by atoms with E-state index in [0.29, 0.717) is 0 Å². The van der Waals surface area contributed by atoms with Crippen molar-refractivity contribution in [1.29, 1.82) is 0 Å². The molecule has 0 radical (unpaired) electrons. The van der Waals surface area contributed by atoms with Gasteiger partial charge in [0.1, 0.15) is 0 Å². The first kappa shape index (κ1) is 15.5. The van der Waals surface area contributed by atoms with Gasteiger partial charge in [0.25, 0.3) is 0 Å². The van der Waals surface area contributed by atoms with Crippen LogP contribution in [-0.2, 0) is 0 Å². The molecular weight excluding hydrogens is 248 g/mol. The van der Waals surface area contributed by atoms with Crippen molar-refractivity contribution in [2.24, 2.45) is 5.92 Å². The molecule has 2 heterocycles. The van der Waals surface area contributed by atoms with Gasteiger partial charge in [0.2, 0.25) is 0 Å². The molecule has 1 fully saturated rings. The summed E-state index contributed by atoms with van der Waals surface area (Å²) in [5.74, 6) is 0.847. The van der Waals surface area contributed by atoms with Gasteiger partial charge in [0.15, 0.2) is 0 Å². The molecule has 0 bridgehead atoms. The fourth-order valence-corrected chi connectivity index (χ4v) is 2.76. The number of dihydropyridines is 1. The van der Waals surface area contributed by atoms with Crippen LogP contribution >= 0.6 is 0 Å². The molecule has 4 N–H and O–H groups in total. The third kappa shape index (κ3) is 6.55. The molecule has 4 heteroatoms. The molecule has 0 spiro atoms. The molecule has 1 unspecified atom stereocenters. The van der Waals surface area contributed by atoms with Crippen molar-refractivity contribution in [3.8, 4) is 0 Å². The van der Waals surface area contributed by atoms with Crippen LogP contribution in [0.15, 0.2) is 23.9 Å². The zero-order chi connectivity index (χ0) is 13.9. The first-order valence-corrected chi connectivity index (χ1v) is 8.16. The summed E-state index contributed by atoms with van der Waals surface area (Å²) in [6.07, 6.45) is 11.7. The van der Waals surface area contributed by atoms with Crippen molar-refractivity contribution in [1.82, 2.24) is 21.3 Å². The van der Waals surface area contributed by atoms with Crippen molar-refractivity contribution in [2.75, 3.05) is 45.8 Å². The number of rotatable bonds is 9. The minimum absolute atomic E-state index is 0.847. The van der Waals surface area contributed by atoms with Gasteiger partial charge in [0, 0.05) is 19.3 Å². The van der Waals surface area contributed by atoms with Crippen LogP contribution in [0.4, 0.5) is 0 Å². The Labute approximate surface area is 123 Å². The fourth-order valence-electron chi connectivity index (χ4n) is 2.76. The van der Waals surface area contributed by atoms with E-state index in [4.69, 9.17) is 0 Å². The molecular formula is C16H30N4. The first-order chi connectivity index (χ1) is 9.95. The van der Waals surface area contributed by atoms with Gasteiger partial charge in [-0.15, -0.1) is 0 Å². The van der Waals surface area contributed by atoms with Crippen molar-refractivity contribution in [2.45, 2.75) is 25.7 Å². The smallest absolute Gasteiger partial charge is 0.0328 e. The summed E-state index contributed by atoms with van der Waals surface area (Å²) in [6.45, 7) is 7.80. The van der Waals surface area contributed by atoms with Crippen LogP contribution in [-0.4, -0.2) is 45.8 Å². The normalized spacial score (nSPS) is 22.4. The zero-order valence-corrected chi connectivity index (χ0v) is 12.6. The summed E-state index contributed by atoms with van der Waals surface area (Å²) in [7, 11) is 0. The predicted molar refractivity (Wildman–Crippen MR) is 85.8 cm³/mol. The number of unbranched alkanes of at least 4 members (excludes halogenated alkanes) is 1. The molecule has 0 aliphatic carbocycles. The van der Waals surface area contributed by atoms with Crippen LogP contribution in [0, 0.1) is 5.92 Å². The molecule has 0 aromatic heterocycles. The second-order valence-electron chi connectivity index (χ2n) is 5.83. The van der Waals surface area contributed by atoms with E-state index in [2.05, 4.69) is 39.6 Å². The molecule has 0 aromatic carbocycles. The summed E-state index contributed by atoms with van der Waals surface area (Å²) >= 11 is 0. The summed E-state index contributed by atoms with van der Waals surface area (Å²) < 4.78 is 0. The van der Waals surface area contributed by atoms with E-state index in [1.54, 1.807) is 0 Å². The number of hydrogen-bond donors (Lipinski definition) is 4. The summed E-state index contributed by atoms with van der Waals surface area (Å²) in [4.78, 5) is 0. The molecule has 114 valence electrons. The monoisotopic (exact) mass is 278 g/mol. The molecule has 0 amide bonds. The lowest BCUT2D eigenvalue weighted by Crippen LogP contribution is -2.36. The maximum Gasteiger partial charge on any atom is 0.0328 e. The Morgan fingerprint density at radius 3 is 2.85 bits per heavy atom. The van der Waals surface area contributed by atoms with Crippen molar-refractivity contribution < 1.29 is 0 Å². The Morgan fingerprint density at radius 2 is 2.10 bits per heavy atom. The standard InChI is InChI=1S/C16H30N4/c1(7-17-11-15-5-3-9-19-13-15)2-8-18-12-16-6-4-10-20-14-16/h3,5,13,16-20H,1-2,4,6-12,14H2. The van der Waals surface area contributed by atoms with Gasteiger partial charge in [-0.05, 0) is 69.9 Å². The van der Waals surface area contributed by atoms with E-state index >= 15 is 0 Å². The second-order valence-corrected chi connectivity index (χ2v) is 5.83. The SMILES string of the molecule is C1=CC(CNCCCCNCC2CCCNC2)=CNC1. The quantitative estimate of drug-likeness (QED) is 0.475. The lowest BCUT2D eigenvalue weighted by Gasteiger charge is -2.22. The van der Waals surface area contributed by atoms with Gasteiger partial charge in [-0.1, -0.05) is 12.2 Å². The van der Waals surface area contributed by atoms with Crippen molar-refractivity contribution in [3.05, 3.63) is 23.9 Å². The molecule has 1 saturated heterocycles. The number of hydrogen-bond acceptors (Lipinski definition) is 4. The number of piperidine rings is 1. The lowest BCUT2D eigenvalue weighted by molar-refractivity contribution is 0.359. The Kier molecular flexibility index (Phi) is 7.75. The second kappa shape index (κ2) is 9.97. The van der Waals surface area contributed by atoms with Gasteiger partial charge in [-0.2, -0.15) is 0 Å². The van der Waals surface area contributed by atoms with E-state index in [-0.39, 0.29) is 0 Å². The minimum atomic E-state index is 0.847. The molecule has 2 aliphatic heterocycles. The van der Waals surface area contributed by atoms with Gasteiger partial charge in [-0.25, -0.2) is 0 Å². The van der Waals surface area contributed by atoms with E-state index < -0.39 is 0 Å². The molecule has 4 nitrogen and oxygen atoms in total. The van der Waals surface area contributed by atoms with Crippen molar-refractivity contribution >= 4 is 0 Å². The Morgan fingerprint density at radius 1 is 1.20 bits per heavy atom. The Balaban J connectivity index is 1.36. The van der Waals surface area contributed by atoms with Crippen molar-refractivity contribution in [3.63, 3.8) is 0 Å². The highest BCUT2D eigenvalue weighted by Gasteiger charge is 2.11. The molecule has 20 heavy (non-hydrogen) atoms. The highest BCUT2D eigenvalue weighted by Crippen LogP contribution is 2.08. The largest absolute Gasteiger partial charge is 0.387 e. The topological polar surface area (TPSA) is 48.1 Å². The van der Waals surface area contributed by atoms with E-state index in [1.807, 2.05) is 0 Å². The average Bonchev–Trinajstić information content (AvgIpc) is 2.52. The third-order valence-electron chi connectivity index (χ3n) is 3.97. The fraction of sp³-hybridized carbons (Fsp3) is 0.750. The highest BCUT2D eigenvalue weighted by atomic mass is 14.9. The van der Waals surface area contributed by atoms with Gasteiger partial charge in [-0.3, -0.25) is 0 Å². The predicted octanol–water partition coefficient (Wildman–Crippen LogP) is 0.989. The Bertz CT molecular complexity index is 306. The van der Waals surface area contributed by atoms with E-state index in [1.165, 1.54) is 50.9 Å². The van der Waals surface area contributed by atoms with E-state index in [9.17, 15) is 0 Å².